The summed E-state index contributed by atoms with van der Waals surface area (Å²) in [5, 5.41) is 10.2. The molecule has 3 fully saturated rings. The van der Waals surface area contributed by atoms with Crippen molar-refractivity contribution in [2.45, 2.75) is 76.2 Å². The molecule has 0 unspecified atom stereocenters. The van der Waals surface area contributed by atoms with Crippen molar-refractivity contribution in [3.63, 3.8) is 0 Å². The number of pyridine rings is 1. The third kappa shape index (κ3) is 5.12. The largest absolute Gasteiger partial charge is 0.489 e. The standard InChI is InChI=1S/C26H39N3O3/c30-23(19-26(31)9-1-10-26)18-21-4-2-20(3-5-21)7-12-28-13-15-29(16-14-28)25-24-22(6-11-27-25)8-17-32-24/h6,11,20-21,31H,1-5,7-10,12-19H2. The molecule has 0 amide bonds. The molecule has 1 N–H and O–H groups in total. The Labute approximate surface area is 192 Å². The minimum Gasteiger partial charge on any atom is -0.489 e. The van der Waals surface area contributed by atoms with Gasteiger partial charge in [0.1, 0.15) is 5.78 Å². The molecule has 2 aliphatic heterocycles. The van der Waals surface area contributed by atoms with Crippen LogP contribution in [0.4, 0.5) is 5.82 Å². The minimum atomic E-state index is -0.651. The van der Waals surface area contributed by atoms with Crippen molar-refractivity contribution in [3.8, 4) is 5.75 Å². The second-order valence-electron chi connectivity index (χ2n) is 10.7. The van der Waals surface area contributed by atoms with Crippen LogP contribution in [0.3, 0.4) is 0 Å². The average molecular weight is 442 g/mol. The van der Waals surface area contributed by atoms with Crippen LogP contribution in [0.15, 0.2) is 12.3 Å². The van der Waals surface area contributed by atoms with Gasteiger partial charge in [0.05, 0.1) is 12.2 Å². The first-order valence-corrected chi connectivity index (χ1v) is 12.9. The zero-order chi connectivity index (χ0) is 22.0. The van der Waals surface area contributed by atoms with E-state index in [2.05, 4.69) is 20.9 Å². The van der Waals surface area contributed by atoms with Crippen molar-refractivity contribution in [3.05, 3.63) is 17.8 Å². The fourth-order valence-electron chi connectivity index (χ4n) is 6.11. The molecule has 2 saturated carbocycles. The highest BCUT2D eigenvalue weighted by Gasteiger charge is 2.37. The molecule has 1 saturated heterocycles. The molecule has 0 bridgehead atoms. The molecular weight excluding hydrogens is 402 g/mol. The third-order valence-corrected chi connectivity index (χ3v) is 8.40. The van der Waals surface area contributed by atoms with Crippen molar-refractivity contribution in [1.82, 2.24) is 9.88 Å². The van der Waals surface area contributed by atoms with E-state index in [1.807, 2.05) is 6.20 Å². The molecule has 5 rings (SSSR count). The van der Waals surface area contributed by atoms with Gasteiger partial charge in [-0.2, -0.15) is 0 Å². The number of Topliss-reactive ketones (excluding diaryl/α,β-unsaturated/α-hetero) is 1. The Bertz CT molecular complexity index is 794. The number of hydrogen-bond donors (Lipinski definition) is 1. The molecule has 1 aromatic rings. The highest BCUT2D eigenvalue weighted by molar-refractivity contribution is 5.79. The Hall–Kier alpha value is -1.66. The van der Waals surface area contributed by atoms with Crippen molar-refractivity contribution < 1.29 is 14.6 Å². The van der Waals surface area contributed by atoms with Crippen molar-refractivity contribution in [1.29, 1.82) is 0 Å². The fourth-order valence-corrected chi connectivity index (χ4v) is 6.11. The number of ether oxygens (including phenoxy) is 1. The Morgan fingerprint density at radius 2 is 1.88 bits per heavy atom. The van der Waals surface area contributed by atoms with E-state index < -0.39 is 5.60 Å². The Morgan fingerprint density at radius 3 is 2.59 bits per heavy atom. The van der Waals surface area contributed by atoms with Crippen LogP contribution in [0.25, 0.3) is 0 Å². The number of piperazine rings is 1. The minimum absolute atomic E-state index is 0.289. The quantitative estimate of drug-likeness (QED) is 0.665. The SMILES string of the molecule is O=C(CC1CCC(CCN2CCN(c3nccc4c3OCC4)CC2)CC1)CC1(O)CCC1. The highest BCUT2D eigenvalue weighted by atomic mass is 16.5. The fraction of sp³-hybridized carbons (Fsp3) is 0.769. The number of fused-ring (bicyclic) bond motifs is 1. The van der Waals surface area contributed by atoms with Crippen molar-refractivity contribution >= 4 is 11.6 Å². The maximum absolute atomic E-state index is 12.3. The van der Waals surface area contributed by atoms with E-state index in [4.69, 9.17) is 4.74 Å². The molecule has 3 heterocycles. The molecule has 176 valence electrons. The number of rotatable bonds is 8. The maximum atomic E-state index is 12.3. The van der Waals surface area contributed by atoms with E-state index in [1.165, 1.54) is 44.2 Å². The summed E-state index contributed by atoms with van der Waals surface area (Å²) >= 11 is 0. The van der Waals surface area contributed by atoms with E-state index in [0.717, 1.165) is 76.0 Å². The summed E-state index contributed by atoms with van der Waals surface area (Å²) in [7, 11) is 0. The smallest absolute Gasteiger partial charge is 0.171 e. The first-order valence-electron chi connectivity index (χ1n) is 12.9. The number of carbonyl (C=O) groups is 1. The van der Waals surface area contributed by atoms with Crippen molar-refractivity contribution in [2.75, 3.05) is 44.2 Å². The zero-order valence-electron chi connectivity index (χ0n) is 19.4. The Kier molecular flexibility index (Phi) is 6.70. The number of anilines is 1. The normalized spacial score (nSPS) is 27.5. The van der Waals surface area contributed by atoms with Gasteiger partial charge in [0.15, 0.2) is 11.6 Å². The summed E-state index contributed by atoms with van der Waals surface area (Å²) < 4.78 is 5.85. The molecule has 0 radical (unpaired) electrons. The first kappa shape index (κ1) is 22.1. The van der Waals surface area contributed by atoms with Gasteiger partial charge in [-0.25, -0.2) is 4.98 Å². The Balaban J connectivity index is 0.995. The lowest BCUT2D eigenvalue weighted by atomic mass is 9.74. The average Bonchev–Trinajstić information content (AvgIpc) is 3.27. The third-order valence-electron chi connectivity index (χ3n) is 8.40. The molecular formula is C26H39N3O3. The van der Waals surface area contributed by atoms with Gasteiger partial charge in [-0.1, -0.05) is 12.8 Å². The number of ketones is 1. The van der Waals surface area contributed by atoms with Crippen LogP contribution in [-0.4, -0.2) is 65.7 Å². The summed E-state index contributed by atoms with van der Waals surface area (Å²) in [6.45, 7) is 6.21. The van der Waals surface area contributed by atoms with E-state index in [1.54, 1.807) is 0 Å². The highest BCUT2D eigenvalue weighted by Crippen LogP contribution is 2.38. The van der Waals surface area contributed by atoms with Gasteiger partial charge < -0.3 is 14.7 Å². The number of aromatic nitrogens is 1. The van der Waals surface area contributed by atoms with Gasteiger partial charge in [-0.05, 0) is 63.0 Å². The summed E-state index contributed by atoms with van der Waals surface area (Å²) in [5.41, 5.74) is 0.649. The molecule has 32 heavy (non-hydrogen) atoms. The molecule has 2 aliphatic carbocycles. The maximum Gasteiger partial charge on any atom is 0.171 e. The van der Waals surface area contributed by atoms with Crippen LogP contribution in [-0.2, 0) is 11.2 Å². The van der Waals surface area contributed by atoms with Crippen LogP contribution in [0, 0.1) is 11.8 Å². The zero-order valence-corrected chi connectivity index (χ0v) is 19.4. The summed E-state index contributed by atoms with van der Waals surface area (Å²) in [6, 6.07) is 2.09. The van der Waals surface area contributed by atoms with Gasteiger partial charge in [0.2, 0.25) is 0 Å². The van der Waals surface area contributed by atoms with Crippen LogP contribution in [0.2, 0.25) is 0 Å². The van der Waals surface area contributed by atoms with E-state index in [-0.39, 0.29) is 5.78 Å². The van der Waals surface area contributed by atoms with Gasteiger partial charge in [0, 0.05) is 57.2 Å². The van der Waals surface area contributed by atoms with Gasteiger partial charge in [0.25, 0.3) is 0 Å². The molecule has 6 heteroatoms. The number of carbonyl (C=O) groups excluding carboxylic acids is 1. The second-order valence-corrected chi connectivity index (χ2v) is 10.7. The summed E-state index contributed by atoms with van der Waals surface area (Å²) in [6.07, 6.45) is 12.9. The van der Waals surface area contributed by atoms with Crippen LogP contribution in [0.5, 0.6) is 5.75 Å². The van der Waals surface area contributed by atoms with Crippen LogP contribution >= 0.6 is 0 Å². The van der Waals surface area contributed by atoms with Crippen LogP contribution in [0.1, 0.15) is 69.8 Å². The number of nitrogens with zero attached hydrogens (tertiary/aromatic N) is 3. The van der Waals surface area contributed by atoms with E-state index in [0.29, 0.717) is 18.8 Å². The predicted molar refractivity (Wildman–Crippen MR) is 125 cm³/mol. The molecule has 0 spiro atoms. The molecule has 4 aliphatic rings. The lowest BCUT2D eigenvalue weighted by molar-refractivity contribution is -0.129. The van der Waals surface area contributed by atoms with Crippen molar-refractivity contribution in [2.24, 2.45) is 11.8 Å². The topological polar surface area (TPSA) is 65.9 Å². The number of hydrogen-bond acceptors (Lipinski definition) is 6. The summed E-state index contributed by atoms with van der Waals surface area (Å²) in [4.78, 5) is 22.0. The number of aliphatic hydroxyl groups is 1. The molecule has 6 nitrogen and oxygen atoms in total. The van der Waals surface area contributed by atoms with E-state index in [9.17, 15) is 9.90 Å². The Morgan fingerprint density at radius 1 is 1.12 bits per heavy atom. The van der Waals surface area contributed by atoms with Gasteiger partial charge in [-0.3, -0.25) is 9.69 Å². The van der Waals surface area contributed by atoms with E-state index >= 15 is 0 Å². The summed E-state index contributed by atoms with van der Waals surface area (Å²) in [5.74, 6) is 3.70. The monoisotopic (exact) mass is 441 g/mol. The predicted octanol–water partition coefficient (Wildman–Crippen LogP) is 3.60. The van der Waals surface area contributed by atoms with Gasteiger partial charge in [-0.15, -0.1) is 0 Å². The molecule has 1 aromatic heterocycles. The first-order chi connectivity index (χ1) is 15.6. The van der Waals surface area contributed by atoms with Gasteiger partial charge >= 0.3 is 0 Å². The molecule has 0 atom stereocenters. The lowest BCUT2D eigenvalue weighted by Crippen LogP contribution is -2.47. The lowest BCUT2D eigenvalue weighted by Gasteiger charge is -2.37. The second kappa shape index (κ2) is 9.68. The van der Waals surface area contributed by atoms with Crippen LogP contribution < -0.4 is 9.64 Å². The molecule has 0 aromatic carbocycles.